The van der Waals surface area contributed by atoms with Gasteiger partial charge in [-0.2, -0.15) is 0 Å². The maximum absolute atomic E-state index is 13.4. The van der Waals surface area contributed by atoms with Crippen molar-refractivity contribution in [3.8, 4) is 5.75 Å². The van der Waals surface area contributed by atoms with E-state index in [4.69, 9.17) is 26.2 Å². The molecule has 6 atom stereocenters. The summed E-state index contributed by atoms with van der Waals surface area (Å²) in [4.78, 5) is 25.8. The smallest absolute Gasteiger partial charge is 0.290 e. The van der Waals surface area contributed by atoms with E-state index >= 15 is 0 Å². The maximum Gasteiger partial charge on any atom is 0.290 e. The molecule has 0 aromatic heterocycles. The molecule has 2 aromatic rings. The summed E-state index contributed by atoms with van der Waals surface area (Å²) in [5, 5.41) is 30.2. The largest absolute Gasteiger partial charge is 0.491 e. The molecule has 0 spiro atoms. The number of anilines is 1. The maximum atomic E-state index is 13.4. The highest BCUT2D eigenvalue weighted by Gasteiger charge is 2.38. The number of carboxylic acid groups (broad SMARTS) is 1. The van der Waals surface area contributed by atoms with Crippen molar-refractivity contribution >= 4 is 29.7 Å². The van der Waals surface area contributed by atoms with Gasteiger partial charge in [-0.25, -0.2) is 0 Å². The van der Waals surface area contributed by atoms with Crippen molar-refractivity contribution in [1.82, 2.24) is 4.90 Å². The first-order chi connectivity index (χ1) is 21.2. The SMILES string of the molecule is CCCc1cc(Cl)ccc1C1COc2ccc3cc2N(C1)CC1CCC1C(O)/C=C/CCN(C)C(=O)C(CC)C3O.O=CO. The normalized spacial score (nSPS) is 27.9. The van der Waals surface area contributed by atoms with Crippen molar-refractivity contribution in [3.63, 3.8) is 0 Å². The van der Waals surface area contributed by atoms with Crippen molar-refractivity contribution in [2.45, 2.75) is 70.5 Å². The van der Waals surface area contributed by atoms with Gasteiger partial charge in [0.25, 0.3) is 6.47 Å². The van der Waals surface area contributed by atoms with Gasteiger partial charge < -0.3 is 29.9 Å². The van der Waals surface area contributed by atoms with Gasteiger partial charge in [0.15, 0.2) is 0 Å². The number of aliphatic hydroxyl groups excluding tert-OH is 2. The summed E-state index contributed by atoms with van der Waals surface area (Å²) in [6.45, 7) is 6.55. The zero-order valence-corrected chi connectivity index (χ0v) is 26.8. The van der Waals surface area contributed by atoms with E-state index in [9.17, 15) is 15.0 Å². The molecule has 2 heterocycles. The van der Waals surface area contributed by atoms with Gasteiger partial charge in [-0.05, 0) is 84.9 Å². The quantitative estimate of drug-likeness (QED) is 0.289. The van der Waals surface area contributed by atoms with Crippen LogP contribution in [0.3, 0.4) is 0 Å². The van der Waals surface area contributed by atoms with Crippen LogP contribution < -0.4 is 9.64 Å². The van der Waals surface area contributed by atoms with Crippen molar-refractivity contribution in [2.24, 2.45) is 17.8 Å². The molecule has 3 aliphatic rings. The Balaban J connectivity index is 0.00000141. The molecule has 9 heteroatoms. The van der Waals surface area contributed by atoms with Crippen LogP contribution in [0.2, 0.25) is 5.02 Å². The van der Waals surface area contributed by atoms with E-state index in [-0.39, 0.29) is 24.2 Å². The van der Waals surface area contributed by atoms with E-state index in [2.05, 4.69) is 24.0 Å². The van der Waals surface area contributed by atoms with Crippen LogP contribution in [0.15, 0.2) is 48.6 Å². The number of rotatable bonds is 4. The van der Waals surface area contributed by atoms with Crippen LogP contribution in [0.4, 0.5) is 5.69 Å². The highest BCUT2D eigenvalue weighted by atomic mass is 35.5. The van der Waals surface area contributed by atoms with E-state index in [0.29, 0.717) is 31.9 Å². The number of hydrogen-bond acceptors (Lipinski definition) is 6. The van der Waals surface area contributed by atoms with Gasteiger partial charge in [0.05, 0.1) is 30.4 Å². The molecular formula is C35H47ClN2O6. The Labute approximate surface area is 266 Å². The van der Waals surface area contributed by atoms with E-state index in [1.165, 1.54) is 11.1 Å². The Morgan fingerprint density at radius 2 is 1.86 bits per heavy atom. The van der Waals surface area contributed by atoms with Gasteiger partial charge in [-0.1, -0.05) is 56.2 Å². The first-order valence-electron chi connectivity index (χ1n) is 15.9. The van der Waals surface area contributed by atoms with Gasteiger partial charge >= 0.3 is 0 Å². The van der Waals surface area contributed by atoms with Crippen LogP contribution in [0.5, 0.6) is 5.75 Å². The third-order valence-corrected chi connectivity index (χ3v) is 9.69. The Bertz CT molecular complexity index is 1300. The zero-order chi connectivity index (χ0) is 31.8. The molecule has 1 aliphatic carbocycles. The number of aliphatic hydroxyl groups is 2. The predicted molar refractivity (Wildman–Crippen MR) is 173 cm³/mol. The lowest BCUT2D eigenvalue weighted by molar-refractivity contribution is -0.138. The van der Waals surface area contributed by atoms with E-state index < -0.39 is 18.1 Å². The topological polar surface area (TPSA) is 111 Å². The fourth-order valence-corrected chi connectivity index (χ4v) is 7.07. The summed E-state index contributed by atoms with van der Waals surface area (Å²) in [5.74, 6) is 0.903. The fraction of sp³-hybridized carbons (Fsp3) is 0.543. The summed E-state index contributed by atoms with van der Waals surface area (Å²) in [7, 11) is 1.80. The minimum atomic E-state index is -0.907. The lowest BCUT2D eigenvalue weighted by Crippen LogP contribution is -2.44. The number of nitrogens with zero attached hydrogens (tertiary/aromatic N) is 2. The molecule has 3 N–H and O–H groups in total. The molecule has 0 radical (unpaired) electrons. The van der Waals surface area contributed by atoms with Crippen LogP contribution in [0.1, 0.15) is 74.7 Å². The molecular weight excluding hydrogens is 580 g/mol. The number of benzene rings is 2. The van der Waals surface area contributed by atoms with Crippen LogP contribution in [0, 0.1) is 17.8 Å². The second-order valence-corrected chi connectivity index (χ2v) is 12.7. The summed E-state index contributed by atoms with van der Waals surface area (Å²) in [5.41, 5.74) is 4.22. The lowest BCUT2D eigenvalue weighted by atomic mass is 9.70. The molecule has 2 aliphatic heterocycles. The molecule has 1 saturated carbocycles. The summed E-state index contributed by atoms with van der Waals surface area (Å²) in [6, 6.07) is 12.1. The first kappa shape index (κ1) is 33.8. The Morgan fingerprint density at radius 3 is 2.55 bits per heavy atom. The van der Waals surface area contributed by atoms with Gasteiger partial charge in [0.1, 0.15) is 5.75 Å². The van der Waals surface area contributed by atoms with Crippen molar-refractivity contribution in [1.29, 1.82) is 0 Å². The monoisotopic (exact) mass is 626 g/mol. The summed E-state index contributed by atoms with van der Waals surface area (Å²) in [6.07, 6.45) is 7.80. The number of amides is 1. The number of aryl methyl sites for hydroxylation is 1. The van der Waals surface area contributed by atoms with Crippen LogP contribution in [0.25, 0.3) is 0 Å². The van der Waals surface area contributed by atoms with Crippen LogP contribution in [-0.2, 0) is 16.0 Å². The van der Waals surface area contributed by atoms with Gasteiger partial charge in [0, 0.05) is 37.6 Å². The number of ether oxygens (including phenoxy) is 1. The summed E-state index contributed by atoms with van der Waals surface area (Å²) < 4.78 is 6.48. The second-order valence-electron chi connectivity index (χ2n) is 12.3. The molecule has 8 nitrogen and oxygen atoms in total. The molecule has 2 bridgehead atoms. The molecule has 6 unspecified atom stereocenters. The molecule has 5 rings (SSSR count). The molecule has 0 saturated heterocycles. The Morgan fingerprint density at radius 1 is 1.09 bits per heavy atom. The van der Waals surface area contributed by atoms with Gasteiger partial charge in [-0.15, -0.1) is 0 Å². The average molecular weight is 627 g/mol. The third-order valence-electron chi connectivity index (χ3n) is 9.46. The predicted octanol–water partition coefficient (Wildman–Crippen LogP) is 5.84. The number of fused-ring (bicyclic) bond motifs is 2. The molecule has 2 aromatic carbocycles. The zero-order valence-electron chi connectivity index (χ0n) is 26.1. The van der Waals surface area contributed by atoms with Crippen molar-refractivity contribution in [2.75, 3.05) is 38.2 Å². The minimum Gasteiger partial charge on any atom is -0.491 e. The van der Waals surface area contributed by atoms with Crippen LogP contribution >= 0.6 is 11.6 Å². The number of halogens is 1. The van der Waals surface area contributed by atoms with Gasteiger partial charge in [0.2, 0.25) is 5.91 Å². The number of carbonyl (C=O) groups is 2. The molecule has 240 valence electrons. The Hall–Kier alpha value is -3.07. The summed E-state index contributed by atoms with van der Waals surface area (Å²) >= 11 is 6.40. The lowest BCUT2D eigenvalue weighted by Gasteiger charge is -2.43. The molecule has 1 fully saturated rings. The second kappa shape index (κ2) is 15.8. The fourth-order valence-electron chi connectivity index (χ4n) is 6.87. The van der Waals surface area contributed by atoms with E-state index in [1.807, 2.05) is 43.3 Å². The van der Waals surface area contributed by atoms with Crippen molar-refractivity contribution < 1.29 is 29.6 Å². The third kappa shape index (κ3) is 7.76. The van der Waals surface area contributed by atoms with Gasteiger partial charge in [-0.3, -0.25) is 9.59 Å². The average Bonchev–Trinajstić information content (AvgIpc) is 3.17. The highest BCUT2D eigenvalue weighted by molar-refractivity contribution is 6.30. The number of hydrogen-bond donors (Lipinski definition) is 3. The van der Waals surface area contributed by atoms with E-state index in [1.54, 1.807) is 11.9 Å². The highest BCUT2D eigenvalue weighted by Crippen LogP contribution is 2.43. The van der Waals surface area contributed by atoms with Crippen molar-refractivity contribution in [3.05, 3.63) is 70.3 Å². The van der Waals surface area contributed by atoms with E-state index in [0.717, 1.165) is 60.8 Å². The number of carbonyl (C=O) groups excluding carboxylic acids is 1. The molecule has 1 amide bonds. The van der Waals surface area contributed by atoms with Crippen LogP contribution in [-0.4, -0.2) is 72.0 Å². The minimum absolute atomic E-state index is 0.0607. The first-order valence-corrected chi connectivity index (χ1v) is 16.3. The standard InChI is InChI=1S/C34H45ClN2O4.CH2O2/c1-4-8-22-17-26(35)12-14-28(22)25-20-37-19-24-10-13-29(24)31(38)9-6-7-16-36(3)34(40)27(5-2)33(39)23-11-15-32(41-21-25)30(37)18-23;2-1-3/h6,9,11-12,14-15,17-18,24-25,27,29,31,33,38-39H,4-5,7-8,10,13,16,19-21H2,1-3H3;1H,(H,2,3)/b9-6+;. The molecule has 44 heavy (non-hydrogen) atoms. The Kier molecular flexibility index (Phi) is 12.1.